The van der Waals surface area contributed by atoms with Gasteiger partial charge in [-0.2, -0.15) is 0 Å². The summed E-state index contributed by atoms with van der Waals surface area (Å²) in [6.45, 7) is 0.255. The fourth-order valence-corrected chi connectivity index (χ4v) is 2.94. The van der Waals surface area contributed by atoms with Gasteiger partial charge in [-0.05, 0) is 36.6 Å². The molecular formula is C18H18BrFN2O2. The van der Waals surface area contributed by atoms with Gasteiger partial charge in [0.2, 0.25) is 0 Å². The standard InChI is InChI=1S/C18H18BrFN2O2/c19-13-6-7-17(16(20)8-13)21-14-9-15(10-14)22-18(23)24-11-12-4-2-1-3-5-12/h1-8,14-15,21H,9-11H2,(H,22,23). The van der Waals surface area contributed by atoms with Gasteiger partial charge in [-0.1, -0.05) is 46.3 Å². The van der Waals surface area contributed by atoms with Gasteiger partial charge >= 0.3 is 6.09 Å². The van der Waals surface area contributed by atoms with Crippen molar-refractivity contribution < 1.29 is 13.9 Å². The number of carbonyl (C=O) groups is 1. The van der Waals surface area contributed by atoms with Crippen molar-refractivity contribution in [2.24, 2.45) is 0 Å². The second-order valence-electron chi connectivity index (χ2n) is 5.84. The Morgan fingerprint density at radius 3 is 2.62 bits per heavy atom. The summed E-state index contributed by atoms with van der Waals surface area (Å²) in [7, 11) is 0. The van der Waals surface area contributed by atoms with Crippen molar-refractivity contribution in [3.05, 3.63) is 64.4 Å². The fourth-order valence-electron chi connectivity index (χ4n) is 2.61. The number of ether oxygens (including phenoxy) is 1. The summed E-state index contributed by atoms with van der Waals surface area (Å²) >= 11 is 3.23. The molecule has 0 radical (unpaired) electrons. The maximum atomic E-state index is 13.8. The molecular weight excluding hydrogens is 375 g/mol. The topological polar surface area (TPSA) is 50.4 Å². The molecule has 0 aliphatic heterocycles. The zero-order valence-electron chi connectivity index (χ0n) is 13.0. The summed E-state index contributed by atoms with van der Waals surface area (Å²) in [5, 5.41) is 5.97. The van der Waals surface area contributed by atoms with Gasteiger partial charge in [0, 0.05) is 16.6 Å². The summed E-state index contributed by atoms with van der Waals surface area (Å²) in [6, 6.07) is 14.7. The first-order valence-corrected chi connectivity index (χ1v) is 8.58. The lowest BCUT2D eigenvalue weighted by Crippen LogP contribution is -2.49. The molecule has 0 aromatic heterocycles. The summed E-state index contributed by atoms with van der Waals surface area (Å²) in [6.07, 6.45) is 1.07. The molecule has 2 aromatic carbocycles. The summed E-state index contributed by atoms with van der Waals surface area (Å²) in [5.41, 5.74) is 1.43. The molecule has 1 fully saturated rings. The lowest BCUT2D eigenvalue weighted by molar-refractivity contribution is 0.129. The van der Waals surface area contributed by atoms with E-state index in [1.54, 1.807) is 12.1 Å². The fraction of sp³-hybridized carbons (Fsp3) is 0.278. The monoisotopic (exact) mass is 392 g/mol. The van der Waals surface area contributed by atoms with Gasteiger partial charge in [-0.3, -0.25) is 0 Å². The first kappa shape index (κ1) is 16.8. The molecule has 0 bridgehead atoms. The van der Waals surface area contributed by atoms with Crippen molar-refractivity contribution in [2.75, 3.05) is 5.32 Å². The number of nitrogens with one attached hydrogen (secondary N) is 2. The van der Waals surface area contributed by atoms with Gasteiger partial charge in [0.1, 0.15) is 12.4 Å². The number of carbonyl (C=O) groups excluding carboxylic acids is 1. The minimum atomic E-state index is -0.419. The zero-order valence-corrected chi connectivity index (χ0v) is 14.6. The van der Waals surface area contributed by atoms with Gasteiger partial charge in [-0.25, -0.2) is 9.18 Å². The van der Waals surface area contributed by atoms with Crippen LogP contribution in [0.3, 0.4) is 0 Å². The summed E-state index contributed by atoms with van der Waals surface area (Å²) in [5.74, 6) is -0.289. The van der Waals surface area contributed by atoms with Gasteiger partial charge in [-0.15, -0.1) is 0 Å². The molecule has 1 amide bonds. The first-order valence-electron chi connectivity index (χ1n) is 7.79. The van der Waals surface area contributed by atoms with E-state index in [0.717, 1.165) is 18.4 Å². The molecule has 3 rings (SSSR count). The van der Waals surface area contributed by atoms with E-state index < -0.39 is 6.09 Å². The van der Waals surface area contributed by atoms with Crippen molar-refractivity contribution in [2.45, 2.75) is 31.5 Å². The highest BCUT2D eigenvalue weighted by Crippen LogP contribution is 2.27. The van der Waals surface area contributed by atoms with Crippen LogP contribution in [-0.4, -0.2) is 18.2 Å². The highest BCUT2D eigenvalue weighted by Gasteiger charge is 2.31. The molecule has 0 unspecified atom stereocenters. The third-order valence-electron chi connectivity index (χ3n) is 3.96. The lowest BCUT2D eigenvalue weighted by Gasteiger charge is -2.36. The van der Waals surface area contributed by atoms with Gasteiger partial charge in [0.05, 0.1) is 5.69 Å². The van der Waals surface area contributed by atoms with Crippen LogP contribution < -0.4 is 10.6 Å². The molecule has 0 heterocycles. The highest BCUT2D eigenvalue weighted by atomic mass is 79.9. The Balaban J connectivity index is 1.38. The Hall–Kier alpha value is -2.08. The van der Waals surface area contributed by atoms with Crippen LogP contribution in [0.2, 0.25) is 0 Å². The molecule has 1 saturated carbocycles. The molecule has 1 aliphatic rings. The Morgan fingerprint density at radius 2 is 1.92 bits per heavy atom. The van der Waals surface area contributed by atoms with E-state index in [4.69, 9.17) is 4.74 Å². The third-order valence-corrected chi connectivity index (χ3v) is 4.46. The third kappa shape index (κ3) is 4.47. The first-order chi connectivity index (χ1) is 11.6. The number of benzene rings is 2. The van der Waals surface area contributed by atoms with E-state index in [0.29, 0.717) is 10.2 Å². The molecule has 0 spiro atoms. The van der Waals surface area contributed by atoms with Crippen LogP contribution in [0.4, 0.5) is 14.9 Å². The number of amides is 1. The van der Waals surface area contributed by atoms with Crippen LogP contribution in [0.25, 0.3) is 0 Å². The number of alkyl carbamates (subject to hydrolysis) is 1. The molecule has 0 atom stereocenters. The minimum absolute atomic E-state index is 0.0595. The maximum absolute atomic E-state index is 13.8. The van der Waals surface area contributed by atoms with Crippen LogP contribution in [0, 0.1) is 5.82 Å². The van der Waals surface area contributed by atoms with E-state index >= 15 is 0 Å². The molecule has 126 valence electrons. The predicted molar refractivity (Wildman–Crippen MR) is 94.3 cm³/mol. The number of halogens is 2. The molecule has 1 aliphatic carbocycles. The molecule has 2 aromatic rings. The van der Waals surface area contributed by atoms with Crippen molar-refractivity contribution in [1.29, 1.82) is 0 Å². The van der Waals surface area contributed by atoms with Crippen molar-refractivity contribution >= 4 is 27.7 Å². The quantitative estimate of drug-likeness (QED) is 0.789. The van der Waals surface area contributed by atoms with Crippen LogP contribution in [0.15, 0.2) is 53.0 Å². The highest BCUT2D eigenvalue weighted by molar-refractivity contribution is 9.10. The lowest BCUT2D eigenvalue weighted by atomic mass is 9.86. The average Bonchev–Trinajstić information content (AvgIpc) is 2.54. The predicted octanol–water partition coefficient (Wildman–Crippen LogP) is 4.46. The van der Waals surface area contributed by atoms with Crippen molar-refractivity contribution in [3.63, 3.8) is 0 Å². The molecule has 6 heteroatoms. The van der Waals surface area contributed by atoms with Crippen LogP contribution >= 0.6 is 15.9 Å². The number of rotatable bonds is 5. The van der Waals surface area contributed by atoms with E-state index in [-0.39, 0.29) is 24.5 Å². The van der Waals surface area contributed by atoms with E-state index in [9.17, 15) is 9.18 Å². The molecule has 2 N–H and O–H groups in total. The van der Waals surface area contributed by atoms with E-state index in [1.165, 1.54) is 6.07 Å². The van der Waals surface area contributed by atoms with Crippen molar-refractivity contribution in [1.82, 2.24) is 5.32 Å². The van der Waals surface area contributed by atoms with Gasteiger partial charge in [0.25, 0.3) is 0 Å². The molecule has 4 nitrogen and oxygen atoms in total. The van der Waals surface area contributed by atoms with Crippen LogP contribution in [0.5, 0.6) is 0 Å². The zero-order chi connectivity index (χ0) is 16.9. The second-order valence-corrected chi connectivity index (χ2v) is 6.76. The van der Waals surface area contributed by atoms with E-state index in [1.807, 2.05) is 30.3 Å². The number of anilines is 1. The Labute approximate surface area is 148 Å². The number of hydrogen-bond donors (Lipinski definition) is 2. The molecule has 24 heavy (non-hydrogen) atoms. The van der Waals surface area contributed by atoms with Crippen molar-refractivity contribution in [3.8, 4) is 0 Å². The van der Waals surface area contributed by atoms with Crippen LogP contribution in [-0.2, 0) is 11.3 Å². The minimum Gasteiger partial charge on any atom is -0.445 e. The smallest absolute Gasteiger partial charge is 0.407 e. The maximum Gasteiger partial charge on any atom is 0.407 e. The van der Waals surface area contributed by atoms with Gasteiger partial charge in [0.15, 0.2) is 0 Å². The SMILES string of the molecule is O=C(NC1CC(Nc2ccc(Br)cc2F)C1)OCc1ccccc1. The van der Waals surface area contributed by atoms with Crippen LogP contribution in [0.1, 0.15) is 18.4 Å². The second kappa shape index (κ2) is 7.66. The summed E-state index contributed by atoms with van der Waals surface area (Å²) in [4.78, 5) is 11.8. The van der Waals surface area contributed by atoms with E-state index in [2.05, 4.69) is 26.6 Å². The Kier molecular flexibility index (Phi) is 5.35. The Bertz CT molecular complexity index is 705. The molecule has 0 saturated heterocycles. The summed E-state index contributed by atoms with van der Waals surface area (Å²) < 4.78 is 19.7. The Morgan fingerprint density at radius 1 is 1.17 bits per heavy atom. The van der Waals surface area contributed by atoms with Gasteiger partial charge < -0.3 is 15.4 Å². The average molecular weight is 393 g/mol. The number of hydrogen-bond acceptors (Lipinski definition) is 3. The largest absolute Gasteiger partial charge is 0.445 e. The normalized spacial score (nSPS) is 19.2.